The van der Waals surface area contributed by atoms with E-state index in [0.29, 0.717) is 17.9 Å². The summed E-state index contributed by atoms with van der Waals surface area (Å²) in [7, 11) is 0. The predicted molar refractivity (Wildman–Crippen MR) is 92.4 cm³/mol. The fraction of sp³-hybridized carbons (Fsp3) is 0.105. The van der Waals surface area contributed by atoms with E-state index in [1.165, 1.54) is 0 Å². The number of amides is 1. The first-order chi connectivity index (χ1) is 10.7. The second-order valence-electron chi connectivity index (χ2n) is 5.20. The number of anilines is 1. The van der Waals surface area contributed by atoms with Crippen LogP contribution in [0, 0.1) is 0 Å². The number of carbonyl (C=O) groups is 1. The van der Waals surface area contributed by atoms with Gasteiger partial charge in [0.2, 0.25) is 5.91 Å². The van der Waals surface area contributed by atoms with E-state index in [9.17, 15) is 4.79 Å². The van der Waals surface area contributed by atoms with E-state index in [0.717, 1.165) is 22.0 Å². The minimum absolute atomic E-state index is 0.0197. The number of hydrogen-bond acceptors (Lipinski definition) is 1. The lowest BCUT2D eigenvalue weighted by Gasteiger charge is -2.09. The number of halogens is 1. The van der Waals surface area contributed by atoms with E-state index in [-0.39, 0.29) is 5.91 Å². The first-order valence-corrected chi connectivity index (χ1v) is 7.62. The second kappa shape index (κ2) is 6.63. The Balaban J connectivity index is 1.67. The average molecular weight is 310 g/mol. The van der Waals surface area contributed by atoms with Gasteiger partial charge in [-0.2, -0.15) is 0 Å². The van der Waals surface area contributed by atoms with E-state index in [1.54, 1.807) is 0 Å². The van der Waals surface area contributed by atoms with Crippen LogP contribution in [0.3, 0.4) is 0 Å². The molecule has 110 valence electrons. The highest BCUT2D eigenvalue weighted by molar-refractivity contribution is 6.30. The number of fused-ring (bicyclic) bond motifs is 1. The molecule has 0 atom stereocenters. The van der Waals surface area contributed by atoms with Crippen molar-refractivity contribution in [3.05, 3.63) is 77.3 Å². The summed E-state index contributed by atoms with van der Waals surface area (Å²) >= 11 is 5.86. The van der Waals surface area contributed by atoms with Crippen LogP contribution >= 0.6 is 11.6 Å². The first kappa shape index (κ1) is 14.6. The van der Waals surface area contributed by atoms with Crippen LogP contribution in [0.2, 0.25) is 5.02 Å². The maximum absolute atomic E-state index is 12.2. The van der Waals surface area contributed by atoms with Gasteiger partial charge in [0.1, 0.15) is 0 Å². The number of carbonyl (C=O) groups excluding carboxylic acids is 1. The topological polar surface area (TPSA) is 29.1 Å². The predicted octanol–water partition coefficient (Wildman–Crippen LogP) is 5.06. The van der Waals surface area contributed by atoms with E-state index in [2.05, 4.69) is 5.32 Å². The summed E-state index contributed by atoms with van der Waals surface area (Å²) in [5.41, 5.74) is 1.97. The molecule has 1 amide bonds. The molecule has 0 fully saturated rings. The van der Waals surface area contributed by atoms with Crippen LogP contribution in [0.4, 0.5) is 5.69 Å². The van der Waals surface area contributed by atoms with Crippen LogP contribution in [-0.2, 0) is 11.2 Å². The number of rotatable bonds is 4. The van der Waals surface area contributed by atoms with E-state index in [1.807, 2.05) is 66.7 Å². The van der Waals surface area contributed by atoms with Crippen LogP contribution in [0.25, 0.3) is 10.8 Å². The van der Waals surface area contributed by atoms with Gasteiger partial charge in [0.15, 0.2) is 0 Å². The Morgan fingerprint density at radius 2 is 1.64 bits per heavy atom. The second-order valence-corrected chi connectivity index (χ2v) is 5.64. The van der Waals surface area contributed by atoms with Gasteiger partial charge >= 0.3 is 0 Å². The smallest absolute Gasteiger partial charge is 0.224 e. The van der Waals surface area contributed by atoms with Gasteiger partial charge in [-0.15, -0.1) is 0 Å². The molecule has 1 N–H and O–H groups in total. The van der Waals surface area contributed by atoms with Crippen LogP contribution in [0.5, 0.6) is 0 Å². The molecule has 0 spiro atoms. The van der Waals surface area contributed by atoms with Gasteiger partial charge in [0, 0.05) is 22.5 Å². The molecule has 0 bridgehead atoms. The number of nitrogens with one attached hydrogen (secondary N) is 1. The molecule has 0 saturated carbocycles. The van der Waals surface area contributed by atoms with Gasteiger partial charge in [-0.25, -0.2) is 0 Å². The minimum atomic E-state index is 0.0197. The molecule has 22 heavy (non-hydrogen) atoms. The fourth-order valence-electron chi connectivity index (χ4n) is 2.46. The molecule has 0 aliphatic heterocycles. The normalized spacial score (nSPS) is 10.6. The Hall–Kier alpha value is -2.32. The lowest BCUT2D eigenvalue weighted by atomic mass is 10.1. The molecule has 0 unspecified atom stereocenters. The summed E-state index contributed by atoms with van der Waals surface area (Å²) in [6, 6.07) is 21.6. The highest BCUT2D eigenvalue weighted by atomic mass is 35.5. The molecular formula is C19H16ClNO. The van der Waals surface area contributed by atoms with Crippen LogP contribution in [-0.4, -0.2) is 5.91 Å². The molecule has 0 aliphatic carbocycles. The van der Waals surface area contributed by atoms with Crippen molar-refractivity contribution in [1.29, 1.82) is 0 Å². The molecule has 0 heterocycles. The maximum Gasteiger partial charge on any atom is 0.224 e. The van der Waals surface area contributed by atoms with E-state index < -0.39 is 0 Å². The molecule has 0 saturated heterocycles. The summed E-state index contributed by atoms with van der Waals surface area (Å²) in [6.07, 6.45) is 1.15. The lowest BCUT2D eigenvalue weighted by molar-refractivity contribution is -0.116. The third-order valence-electron chi connectivity index (χ3n) is 3.62. The van der Waals surface area contributed by atoms with Gasteiger partial charge in [-0.1, -0.05) is 60.1 Å². The minimum Gasteiger partial charge on any atom is -0.326 e. The maximum atomic E-state index is 12.2. The molecule has 0 aromatic heterocycles. The quantitative estimate of drug-likeness (QED) is 0.716. The Bertz CT molecular complexity index is 791. The largest absolute Gasteiger partial charge is 0.326 e. The zero-order chi connectivity index (χ0) is 15.4. The molecule has 3 aromatic carbocycles. The molecule has 2 nitrogen and oxygen atoms in total. The SMILES string of the molecule is O=C(CCc1ccc(Cl)cc1)Nc1cccc2ccccc12. The Labute approximate surface area is 134 Å². The van der Waals surface area contributed by atoms with Crippen LogP contribution in [0.15, 0.2) is 66.7 Å². The Morgan fingerprint density at radius 1 is 0.909 bits per heavy atom. The van der Waals surface area contributed by atoms with Crippen molar-refractivity contribution < 1.29 is 4.79 Å². The van der Waals surface area contributed by atoms with Gasteiger partial charge in [-0.3, -0.25) is 4.79 Å². The fourth-order valence-corrected chi connectivity index (χ4v) is 2.58. The molecule has 3 heteroatoms. The molecule has 0 radical (unpaired) electrons. The summed E-state index contributed by atoms with van der Waals surface area (Å²) in [6.45, 7) is 0. The van der Waals surface area contributed by atoms with Gasteiger partial charge in [0.25, 0.3) is 0 Å². The van der Waals surface area contributed by atoms with Crippen LogP contribution in [0.1, 0.15) is 12.0 Å². The summed E-state index contributed by atoms with van der Waals surface area (Å²) < 4.78 is 0. The number of aryl methyl sites for hydroxylation is 1. The van der Waals surface area contributed by atoms with Crippen molar-refractivity contribution in [2.24, 2.45) is 0 Å². The van der Waals surface area contributed by atoms with Crippen molar-refractivity contribution in [3.8, 4) is 0 Å². The highest BCUT2D eigenvalue weighted by Crippen LogP contribution is 2.23. The molecule has 0 aliphatic rings. The summed E-state index contributed by atoms with van der Waals surface area (Å²) in [5, 5.41) is 5.90. The zero-order valence-corrected chi connectivity index (χ0v) is 12.8. The van der Waals surface area contributed by atoms with Crippen molar-refractivity contribution >= 4 is 34.0 Å². The number of benzene rings is 3. The van der Waals surface area contributed by atoms with Gasteiger partial charge in [0.05, 0.1) is 0 Å². The average Bonchev–Trinajstić information content (AvgIpc) is 2.55. The third-order valence-corrected chi connectivity index (χ3v) is 3.87. The van der Waals surface area contributed by atoms with Crippen molar-refractivity contribution in [1.82, 2.24) is 0 Å². The van der Waals surface area contributed by atoms with Crippen LogP contribution < -0.4 is 5.32 Å². The highest BCUT2D eigenvalue weighted by Gasteiger charge is 2.06. The summed E-state index contributed by atoms with van der Waals surface area (Å²) in [5.74, 6) is 0.0197. The Morgan fingerprint density at radius 3 is 2.45 bits per heavy atom. The van der Waals surface area contributed by atoms with Crippen molar-refractivity contribution in [2.75, 3.05) is 5.32 Å². The van der Waals surface area contributed by atoms with Gasteiger partial charge in [-0.05, 0) is 35.6 Å². The monoisotopic (exact) mass is 309 g/mol. The third kappa shape index (κ3) is 3.46. The molecule has 3 aromatic rings. The van der Waals surface area contributed by atoms with Crippen molar-refractivity contribution in [3.63, 3.8) is 0 Å². The van der Waals surface area contributed by atoms with Gasteiger partial charge < -0.3 is 5.32 Å². The van der Waals surface area contributed by atoms with E-state index in [4.69, 9.17) is 11.6 Å². The molecular weight excluding hydrogens is 294 g/mol. The number of hydrogen-bond donors (Lipinski definition) is 1. The van der Waals surface area contributed by atoms with E-state index >= 15 is 0 Å². The lowest BCUT2D eigenvalue weighted by Crippen LogP contribution is -2.12. The molecule has 3 rings (SSSR count). The summed E-state index contributed by atoms with van der Waals surface area (Å²) in [4.78, 5) is 12.2. The Kier molecular flexibility index (Phi) is 4.40. The zero-order valence-electron chi connectivity index (χ0n) is 12.1. The standard InChI is InChI=1S/C19H16ClNO/c20-16-11-8-14(9-12-16)10-13-19(22)21-18-7-3-5-15-4-1-2-6-17(15)18/h1-9,11-12H,10,13H2,(H,21,22). The first-order valence-electron chi connectivity index (χ1n) is 7.24. The van der Waals surface area contributed by atoms with Crippen molar-refractivity contribution in [2.45, 2.75) is 12.8 Å².